The number of ether oxygens (including phenoxy) is 2. The molecule has 3 rings (SSSR count). The Morgan fingerprint density at radius 2 is 2.24 bits per heavy atom. The first-order valence-electron chi connectivity index (χ1n) is 8.70. The summed E-state index contributed by atoms with van der Waals surface area (Å²) in [5.41, 5.74) is 3.57. The van der Waals surface area contributed by atoms with E-state index in [-0.39, 0.29) is 6.04 Å². The second-order valence-electron chi connectivity index (χ2n) is 6.14. The Hall–Kier alpha value is -2.56. The molecule has 2 heterocycles. The summed E-state index contributed by atoms with van der Waals surface area (Å²) in [5.74, 6) is 1.49. The van der Waals surface area contributed by atoms with Gasteiger partial charge in [-0.2, -0.15) is 0 Å². The van der Waals surface area contributed by atoms with E-state index in [4.69, 9.17) is 9.47 Å². The van der Waals surface area contributed by atoms with Crippen molar-refractivity contribution in [1.82, 2.24) is 9.88 Å². The van der Waals surface area contributed by atoms with Gasteiger partial charge in [0.25, 0.3) is 0 Å². The number of hydrogen-bond donors (Lipinski definition) is 0. The predicted molar refractivity (Wildman–Crippen MR) is 95.9 cm³/mol. The van der Waals surface area contributed by atoms with E-state index in [0.717, 1.165) is 49.3 Å². The maximum absolute atomic E-state index is 11.6. The molecular weight excluding hydrogens is 316 g/mol. The summed E-state index contributed by atoms with van der Waals surface area (Å²) in [5, 5.41) is 0. The van der Waals surface area contributed by atoms with E-state index in [1.54, 1.807) is 13.3 Å². The normalized spacial score (nSPS) is 16.2. The van der Waals surface area contributed by atoms with Gasteiger partial charge < -0.3 is 14.4 Å². The van der Waals surface area contributed by atoms with E-state index >= 15 is 0 Å². The van der Waals surface area contributed by atoms with Gasteiger partial charge in [0.2, 0.25) is 6.41 Å². The van der Waals surface area contributed by atoms with E-state index in [9.17, 15) is 4.79 Å². The van der Waals surface area contributed by atoms with Crippen LogP contribution in [0.4, 0.5) is 0 Å². The van der Waals surface area contributed by atoms with Crippen molar-refractivity contribution in [3.63, 3.8) is 0 Å². The van der Waals surface area contributed by atoms with Crippen LogP contribution in [0.15, 0.2) is 36.7 Å². The minimum Gasteiger partial charge on any atom is -0.493 e. The molecule has 0 fully saturated rings. The fraction of sp³-hybridized carbons (Fsp3) is 0.400. The highest BCUT2D eigenvalue weighted by Gasteiger charge is 2.28. The Bertz CT molecular complexity index is 718. The largest absolute Gasteiger partial charge is 0.493 e. The van der Waals surface area contributed by atoms with E-state index in [1.165, 1.54) is 11.1 Å². The summed E-state index contributed by atoms with van der Waals surface area (Å²) >= 11 is 0. The van der Waals surface area contributed by atoms with Gasteiger partial charge in [-0.15, -0.1) is 0 Å². The first-order valence-corrected chi connectivity index (χ1v) is 8.70. The van der Waals surface area contributed by atoms with Gasteiger partial charge in [-0.05, 0) is 61.1 Å². The van der Waals surface area contributed by atoms with E-state index < -0.39 is 0 Å². The lowest BCUT2D eigenvalue weighted by molar-refractivity contribution is -0.120. The molecule has 0 bridgehead atoms. The number of carbonyl (C=O) groups excluding carboxylic acids is 1. The fourth-order valence-corrected chi connectivity index (χ4v) is 3.45. The molecule has 0 spiro atoms. The quantitative estimate of drug-likeness (QED) is 0.727. The number of hydrogen-bond acceptors (Lipinski definition) is 4. The number of fused-ring (bicyclic) bond motifs is 1. The Kier molecular flexibility index (Phi) is 5.53. The Morgan fingerprint density at radius 1 is 1.36 bits per heavy atom. The molecule has 0 radical (unpaired) electrons. The first-order chi connectivity index (χ1) is 12.3. The van der Waals surface area contributed by atoms with E-state index in [1.807, 2.05) is 30.2 Å². The molecule has 2 aromatic rings. The Morgan fingerprint density at radius 3 is 2.92 bits per heavy atom. The third-order valence-corrected chi connectivity index (χ3v) is 4.69. The monoisotopic (exact) mass is 340 g/mol. The average molecular weight is 340 g/mol. The van der Waals surface area contributed by atoms with Crippen LogP contribution in [-0.2, 0) is 17.6 Å². The highest BCUT2D eigenvalue weighted by Crippen LogP contribution is 2.39. The van der Waals surface area contributed by atoms with Crippen LogP contribution in [0.2, 0.25) is 0 Å². The number of methoxy groups -OCH3 is 1. The lowest BCUT2D eigenvalue weighted by Crippen LogP contribution is -2.34. The minimum absolute atomic E-state index is 0.0477. The van der Waals surface area contributed by atoms with Crippen LogP contribution in [0.5, 0.6) is 11.5 Å². The standard InChI is InChI=1S/C20H24N2O3/c1-3-25-20-12-17-16(11-19(20)24-2)8-10-22(14-23)18(17)7-6-15-5-4-9-21-13-15/h4-5,9,11-14,18H,3,6-8,10H2,1-2H3/t18-/m0/s1. The van der Waals surface area contributed by atoms with Gasteiger partial charge in [-0.3, -0.25) is 9.78 Å². The van der Waals surface area contributed by atoms with Gasteiger partial charge in [0, 0.05) is 18.9 Å². The SMILES string of the molecule is CCOc1cc2c(cc1OC)CCN(C=O)[C@H]2CCc1cccnc1. The van der Waals surface area contributed by atoms with Crippen LogP contribution >= 0.6 is 0 Å². The number of aryl methyl sites for hydroxylation is 1. The number of benzene rings is 1. The van der Waals surface area contributed by atoms with Crippen LogP contribution in [0.1, 0.15) is 36.1 Å². The number of rotatable bonds is 7. The van der Waals surface area contributed by atoms with Crippen LogP contribution in [0.3, 0.4) is 0 Å². The summed E-state index contributed by atoms with van der Waals surface area (Å²) in [6.07, 6.45) is 7.18. The number of pyridine rings is 1. The van der Waals surface area contributed by atoms with Gasteiger partial charge in [0.05, 0.1) is 19.8 Å². The average Bonchev–Trinajstić information content (AvgIpc) is 2.66. The highest BCUT2D eigenvalue weighted by atomic mass is 16.5. The molecule has 0 saturated carbocycles. The third kappa shape index (κ3) is 3.76. The van der Waals surface area contributed by atoms with Gasteiger partial charge in [0.15, 0.2) is 11.5 Å². The lowest BCUT2D eigenvalue weighted by Gasteiger charge is -2.35. The smallest absolute Gasteiger partial charge is 0.210 e. The molecule has 132 valence electrons. The van der Waals surface area contributed by atoms with Gasteiger partial charge in [0.1, 0.15) is 0 Å². The van der Waals surface area contributed by atoms with Crippen LogP contribution in [0, 0.1) is 0 Å². The van der Waals surface area contributed by atoms with Gasteiger partial charge in [-0.1, -0.05) is 6.07 Å². The number of aromatic nitrogens is 1. The maximum atomic E-state index is 11.6. The first kappa shape index (κ1) is 17.3. The van der Waals surface area contributed by atoms with Crippen molar-refractivity contribution >= 4 is 6.41 Å². The molecule has 25 heavy (non-hydrogen) atoms. The molecule has 0 aliphatic carbocycles. The summed E-state index contributed by atoms with van der Waals surface area (Å²) in [6.45, 7) is 3.26. The summed E-state index contributed by atoms with van der Waals surface area (Å²) in [6, 6.07) is 8.16. The zero-order chi connectivity index (χ0) is 17.6. The Labute approximate surface area is 148 Å². The molecule has 0 saturated heterocycles. The molecule has 5 heteroatoms. The molecule has 0 unspecified atom stereocenters. The molecule has 1 aliphatic heterocycles. The van der Waals surface area contributed by atoms with Crippen LogP contribution < -0.4 is 9.47 Å². The molecule has 5 nitrogen and oxygen atoms in total. The third-order valence-electron chi connectivity index (χ3n) is 4.69. The molecule has 1 aliphatic rings. The number of amides is 1. The minimum atomic E-state index is 0.0477. The zero-order valence-corrected chi connectivity index (χ0v) is 14.8. The van der Waals surface area contributed by atoms with E-state index in [2.05, 4.69) is 17.1 Å². The van der Waals surface area contributed by atoms with Crippen molar-refractivity contribution in [2.45, 2.75) is 32.2 Å². The van der Waals surface area contributed by atoms with Crippen molar-refractivity contribution in [2.75, 3.05) is 20.3 Å². The predicted octanol–water partition coefficient (Wildman–Crippen LogP) is 3.18. The summed E-state index contributed by atoms with van der Waals surface area (Å²) in [7, 11) is 1.66. The second-order valence-corrected chi connectivity index (χ2v) is 6.14. The van der Waals surface area contributed by atoms with Crippen molar-refractivity contribution in [3.05, 3.63) is 53.3 Å². The molecule has 1 aromatic carbocycles. The molecular formula is C20H24N2O3. The number of nitrogens with zero attached hydrogens (tertiary/aromatic N) is 2. The van der Waals surface area contributed by atoms with Crippen molar-refractivity contribution in [2.24, 2.45) is 0 Å². The highest BCUT2D eigenvalue weighted by molar-refractivity contribution is 5.55. The molecule has 1 atom stereocenters. The second kappa shape index (κ2) is 8.01. The van der Waals surface area contributed by atoms with E-state index in [0.29, 0.717) is 6.61 Å². The molecule has 1 amide bonds. The molecule has 1 aromatic heterocycles. The Balaban J connectivity index is 1.90. The number of carbonyl (C=O) groups is 1. The van der Waals surface area contributed by atoms with Crippen LogP contribution in [0.25, 0.3) is 0 Å². The van der Waals surface area contributed by atoms with Gasteiger partial charge >= 0.3 is 0 Å². The maximum Gasteiger partial charge on any atom is 0.210 e. The molecule has 0 N–H and O–H groups in total. The lowest BCUT2D eigenvalue weighted by atomic mass is 9.89. The summed E-state index contributed by atoms with van der Waals surface area (Å²) < 4.78 is 11.2. The zero-order valence-electron chi connectivity index (χ0n) is 14.8. The van der Waals surface area contributed by atoms with Crippen LogP contribution in [-0.4, -0.2) is 36.6 Å². The van der Waals surface area contributed by atoms with Crippen molar-refractivity contribution in [1.29, 1.82) is 0 Å². The topological polar surface area (TPSA) is 51.7 Å². The fourth-order valence-electron chi connectivity index (χ4n) is 3.45. The van der Waals surface area contributed by atoms with Crippen molar-refractivity contribution < 1.29 is 14.3 Å². The summed E-state index contributed by atoms with van der Waals surface area (Å²) in [4.78, 5) is 17.6. The van der Waals surface area contributed by atoms with Gasteiger partial charge in [-0.25, -0.2) is 0 Å². The van der Waals surface area contributed by atoms with Crippen molar-refractivity contribution in [3.8, 4) is 11.5 Å².